The van der Waals surface area contributed by atoms with Crippen LogP contribution in [-0.4, -0.2) is 33.9 Å². The van der Waals surface area contributed by atoms with Gasteiger partial charge in [0, 0.05) is 33.4 Å². The van der Waals surface area contributed by atoms with Gasteiger partial charge in [0.2, 0.25) is 5.91 Å². The van der Waals surface area contributed by atoms with E-state index in [1.165, 1.54) is 6.07 Å². The number of amides is 4. The van der Waals surface area contributed by atoms with E-state index < -0.39 is 24.4 Å². The maximum absolute atomic E-state index is 14.4. The number of rotatable bonds is 7. The number of carbonyl (C=O) groups excluding carboxylic acids is 3. The number of nitrogens with one attached hydrogen (secondary N) is 2. The molecule has 4 aromatic rings. The fourth-order valence-corrected chi connectivity index (χ4v) is 4.78. The lowest BCUT2D eigenvalue weighted by atomic mass is 10.1. The van der Waals surface area contributed by atoms with E-state index in [0.29, 0.717) is 17.8 Å². The summed E-state index contributed by atoms with van der Waals surface area (Å²) in [6, 6.07) is 21.0. The number of aromatic nitrogens is 1. The maximum atomic E-state index is 14.4. The summed E-state index contributed by atoms with van der Waals surface area (Å²) in [7, 11) is 0. The second-order valence-corrected chi connectivity index (χ2v) is 9.13. The maximum Gasteiger partial charge on any atom is 0.329 e. The van der Waals surface area contributed by atoms with Gasteiger partial charge >= 0.3 is 6.03 Å². The van der Waals surface area contributed by atoms with Gasteiger partial charge in [-0.25, -0.2) is 14.1 Å². The molecule has 0 unspecified atom stereocenters. The molecule has 0 atom stereocenters. The fourth-order valence-electron chi connectivity index (χ4n) is 4.78. The van der Waals surface area contributed by atoms with E-state index in [9.17, 15) is 18.8 Å². The molecule has 38 heavy (non-hydrogen) atoms. The molecule has 1 aliphatic heterocycles. The second kappa shape index (κ2) is 10.3. The normalized spacial score (nSPS) is 14.4. The first-order valence-corrected chi connectivity index (χ1v) is 12.4. The molecule has 0 spiro atoms. The SMILES string of the molecule is CCc1ccccc1NC(=O)CN1C(=O)N/C(=C/c2c(C)n(Cc3ccccc3F)c3ccccc23)C1=O. The number of para-hydroxylation sites is 2. The van der Waals surface area contributed by atoms with Crippen molar-refractivity contribution in [1.82, 2.24) is 14.8 Å². The van der Waals surface area contributed by atoms with Crippen molar-refractivity contribution in [1.29, 1.82) is 0 Å². The molecule has 5 rings (SSSR count). The van der Waals surface area contributed by atoms with Crippen molar-refractivity contribution in [2.75, 3.05) is 11.9 Å². The molecule has 7 nitrogen and oxygen atoms in total. The van der Waals surface area contributed by atoms with Gasteiger partial charge in [0.15, 0.2) is 0 Å². The first-order valence-electron chi connectivity index (χ1n) is 12.4. The number of urea groups is 1. The van der Waals surface area contributed by atoms with Crippen LogP contribution in [-0.2, 0) is 22.6 Å². The van der Waals surface area contributed by atoms with Crippen molar-refractivity contribution in [3.63, 3.8) is 0 Å². The van der Waals surface area contributed by atoms with Gasteiger partial charge in [-0.05, 0) is 43.2 Å². The van der Waals surface area contributed by atoms with E-state index in [0.717, 1.165) is 39.0 Å². The van der Waals surface area contributed by atoms with E-state index >= 15 is 0 Å². The minimum Gasteiger partial charge on any atom is -0.340 e. The Kier molecular flexibility index (Phi) is 6.79. The number of hydrogen-bond acceptors (Lipinski definition) is 3. The van der Waals surface area contributed by atoms with Crippen LogP contribution in [0.4, 0.5) is 14.9 Å². The predicted molar refractivity (Wildman–Crippen MR) is 145 cm³/mol. The van der Waals surface area contributed by atoms with E-state index in [2.05, 4.69) is 10.6 Å². The van der Waals surface area contributed by atoms with Crippen molar-refractivity contribution in [2.45, 2.75) is 26.8 Å². The van der Waals surface area contributed by atoms with Crippen LogP contribution in [0.3, 0.4) is 0 Å². The smallest absolute Gasteiger partial charge is 0.329 e. The van der Waals surface area contributed by atoms with Crippen molar-refractivity contribution in [3.05, 3.63) is 107 Å². The van der Waals surface area contributed by atoms with Crippen LogP contribution < -0.4 is 10.6 Å². The Morgan fingerprint density at radius 1 is 0.974 bits per heavy atom. The zero-order chi connectivity index (χ0) is 26.8. The van der Waals surface area contributed by atoms with E-state index in [1.807, 2.05) is 60.9 Å². The monoisotopic (exact) mass is 510 g/mol. The molecule has 0 bridgehead atoms. The minimum absolute atomic E-state index is 0.0775. The van der Waals surface area contributed by atoms with Gasteiger partial charge in [-0.2, -0.15) is 0 Å². The third kappa shape index (κ3) is 4.68. The molecule has 0 saturated carbocycles. The van der Waals surface area contributed by atoms with Crippen molar-refractivity contribution >= 4 is 40.5 Å². The molecule has 2 heterocycles. The lowest BCUT2D eigenvalue weighted by molar-refractivity contribution is -0.127. The minimum atomic E-state index is -0.659. The molecule has 1 aliphatic rings. The molecule has 0 radical (unpaired) electrons. The first-order chi connectivity index (χ1) is 18.4. The van der Waals surface area contributed by atoms with Gasteiger partial charge in [0.05, 0.1) is 6.54 Å². The molecule has 0 aliphatic carbocycles. The zero-order valence-electron chi connectivity index (χ0n) is 21.1. The van der Waals surface area contributed by atoms with Crippen molar-refractivity contribution < 1.29 is 18.8 Å². The number of fused-ring (bicyclic) bond motifs is 1. The lowest BCUT2D eigenvalue weighted by Gasteiger charge is -2.13. The van der Waals surface area contributed by atoms with Crippen LogP contribution in [0.5, 0.6) is 0 Å². The molecular formula is C30H27FN4O3. The standard InChI is InChI=1S/C30H27FN4O3/c1-3-20-10-5-8-14-25(20)32-28(36)18-35-29(37)26(33-30(35)38)16-23-19(2)34(27-15-9-6-12-22(23)27)17-21-11-4-7-13-24(21)31/h4-16H,3,17-18H2,1-2H3,(H,32,36)(H,33,38)/b26-16+. The fraction of sp³-hybridized carbons (Fsp3) is 0.167. The van der Waals surface area contributed by atoms with Crippen molar-refractivity contribution in [2.24, 2.45) is 0 Å². The van der Waals surface area contributed by atoms with Gasteiger partial charge in [0.25, 0.3) is 5.91 Å². The number of imide groups is 1. The largest absolute Gasteiger partial charge is 0.340 e. The summed E-state index contributed by atoms with van der Waals surface area (Å²) in [4.78, 5) is 39.4. The highest BCUT2D eigenvalue weighted by atomic mass is 19.1. The van der Waals surface area contributed by atoms with Crippen LogP contribution in [0, 0.1) is 12.7 Å². The molecular weight excluding hydrogens is 483 g/mol. The molecule has 2 N–H and O–H groups in total. The van der Waals surface area contributed by atoms with Crippen LogP contribution in [0.15, 0.2) is 78.5 Å². The zero-order valence-corrected chi connectivity index (χ0v) is 21.1. The Balaban J connectivity index is 1.42. The van der Waals surface area contributed by atoms with E-state index in [4.69, 9.17) is 0 Å². The Bertz CT molecular complexity index is 1600. The van der Waals surface area contributed by atoms with E-state index in [1.54, 1.807) is 30.3 Å². The predicted octanol–water partition coefficient (Wildman–Crippen LogP) is 5.23. The third-order valence-corrected chi connectivity index (χ3v) is 6.79. The molecule has 192 valence electrons. The van der Waals surface area contributed by atoms with Crippen LogP contribution in [0.1, 0.15) is 29.3 Å². The number of carbonyl (C=O) groups is 3. The highest BCUT2D eigenvalue weighted by Crippen LogP contribution is 2.30. The Labute approximate surface area is 219 Å². The summed E-state index contributed by atoms with van der Waals surface area (Å²) >= 11 is 0. The molecule has 1 saturated heterocycles. The van der Waals surface area contributed by atoms with E-state index in [-0.39, 0.29) is 11.5 Å². The van der Waals surface area contributed by atoms with Gasteiger partial charge < -0.3 is 15.2 Å². The summed E-state index contributed by atoms with van der Waals surface area (Å²) in [5, 5.41) is 6.26. The van der Waals surface area contributed by atoms with Gasteiger partial charge in [-0.3, -0.25) is 9.59 Å². The number of nitrogens with zero attached hydrogens (tertiary/aromatic N) is 2. The summed E-state index contributed by atoms with van der Waals surface area (Å²) in [5.74, 6) is -1.34. The average Bonchev–Trinajstić information content (AvgIpc) is 3.33. The Hall–Kier alpha value is -4.72. The quantitative estimate of drug-likeness (QED) is 0.264. The van der Waals surface area contributed by atoms with Crippen molar-refractivity contribution in [3.8, 4) is 0 Å². The second-order valence-electron chi connectivity index (χ2n) is 9.13. The van der Waals surface area contributed by atoms with Crippen LogP contribution >= 0.6 is 0 Å². The number of halogens is 1. The van der Waals surface area contributed by atoms with Gasteiger partial charge in [0.1, 0.15) is 18.1 Å². The summed E-state index contributed by atoms with van der Waals surface area (Å²) in [6.07, 6.45) is 2.36. The number of benzene rings is 3. The van der Waals surface area contributed by atoms with Crippen LogP contribution in [0.2, 0.25) is 0 Å². The number of hydrogen-bond donors (Lipinski definition) is 2. The molecule has 1 aromatic heterocycles. The highest BCUT2D eigenvalue weighted by Gasteiger charge is 2.35. The number of aryl methyl sites for hydroxylation is 1. The molecule has 4 amide bonds. The third-order valence-electron chi connectivity index (χ3n) is 6.79. The Morgan fingerprint density at radius 2 is 1.66 bits per heavy atom. The Morgan fingerprint density at radius 3 is 2.42 bits per heavy atom. The molecule has 8 heteroatoms. The lowest BCUT2D eigenvalue weighted by Crippen LogP contribution is -2.38. The van der Waals surface area contributed by atoms with Gasteiger partial charge in [-0.1, -0.05) is 61.5 Å². The molecule has 1 fully saturated rings. The number of anilines is 1. The highest BCUT2D eigenvalue weighted by molar-refractivity contribution is 6.16. The topological polar surface area (TPSA) is 83.4 Å². The summed E-state index contributed by atoms with van der Waals surface area (Å²) in [6.45, 7) is 3.78. The summed E-state index contributed by atoms with van der Waals surface area (Å²) < 4.78 is 16.4. The average molecular weight is 511 g/mol. The van der Waals surface area contributed by atoms with Crippen LogP contribution in [0.25, 0.3) is 17.0 Å². The molecule has 3 aromatic carbocycles. The van der Waals surface area contributed by atoms with Gasteiger partial charge in [-0.15, -0.1) is 0 Å². The first kappa shape index (κ1) is 25.0. The summed E-state index contributed by atoms with van der Waals surface area (Å²) in [5.41, 5.74) is 4.67.